The van der Waals surface area contributed by atoms with Gasteiger partial charge in [0.2, 0.25) is 0 Å². The highest BCUT2D eigenvalue weighted by Gasteiger charge is 2.06. The highest BCUT2D eigenvalue weighted by atomic mass is 16.4. The number of hydrogen-bond acceptors (Lipinski definition) is 1. The van der Waals surface area contributed by atoms with Crippen LogP contribution in [-0.2, 0) is 0 Å². The van der Waals surface area contributed by atoms with Crippen molar-refractivity contribution in [1.29, 1.82) is 0 Å². The SMILES string of the molecule is C=Cc1ccc(C(=O)O)c(C=C)c1. The molecule has 0 heterocycles. The van der Waals surface area contributed by atoms with Gasteiger partial charge in [-0.25, -0.2) is 4.79 Å². The molecule has 13 heavy (non-hydrogen) atoms. The van der Waals surface area contributed by atoms with Gasteiger partial charge >= 0.3 is 5.97 Å². The highest BCUT2D eigenvalue weighted by molar-refractivity contribution is 5.92. The van der Waals surface area contributed by atoms with Crippen LogP contribution in [0, 0.1) is 0 Å². The summed E-state index contributed by atoms with van der Waals surface area (Å²) in [5, 5.41) is 8.79. The van der Waals surface area contributed by atoms with Gasteiger partial charge in [-0.2, -0.15) is 0 Å². The number of aromatic carboxylic acids is 1. The third-order valence-electron chi connectivity index (χ3n) is 1.76. The summed E-state index contributed by atoms with van der Waals surface area (Å²) in [5.41, 5.74) is 1.77. The largest absolute Gasteiger partial charge is 0.478 e. The third-order valence-corrected chi connectivity index (χ3v) is 1.76. The molecule has 1 N–H and O–H groups in total. The van der Waals surface area contributed by atoms with Crippen LogP contribution in [0.2, 0.25) is 0 Å². The Balaban J connectivity index is 3.31. The lowest BCUT2D eigenvalue weighted by Gasteiger charge is -2.01. The minimum Gasteiger partial charge on any atom is -0.478 e. The lowest BCUT2D eigenvalue weighted by molar-refractivity contribution is 0.0696. The fraction of sp³-hybridized carbons (Fsp3) is 0. The third kappa shape index (κ3) is 1.85. The molecule has 0 bridgehead atoms. The maximum absolute atomic E-state index is 10.7. The Morgan fingerprint density at radius 1 is 1.31 bits per heavy atom. The first-order valence-corrected chi connectivity index (χ1v) is 3.81. The number of carboxylic acids is 1. The van der Waals surface area contributed by atoms with E-state index in [0.29, 0.717) is 5.56 Å². The van der Waals surface area contributed by atoms with Crippen molar-refractivity contribution in [3.63, 3.8) is 0 Å². The van der Waals surface area contributed by atoms with Crippen molar-refractivity contribution in [2.75, 3.05) is 0 Å². The van der Waals surface area contributed by atoms with Crippen LogP contribution < -0.4 is 0 Å². The first-order chi connectivity index (χ1) is 6.19. The Kier molecular flexibility index (Phi) is 2.65. The predicted octanol–water partition coefficient (Wildman–Crippen LogP) is 2.67. The van der Waals surface area contributed by atoms with E-state index in [1.54, 1.807) is 24.3 Å². The van der Waals surface area contributed by atoms with Crippen LogP contribution in [0.3, 0.4) is 0 Å². The summed E-state index contributed by atoms with van der Waals surface area (Å²) in [4.78, 5) is 10.7. The van der Waals surface area contributed by atoms with Gasteiger partial charge in [0.05, 0.1) is 5.56 Å². The van der Waals surface area contributed by atoms with E-state index in [-0.39, 0.29) is 5.56 Å². The maximum Gasteiger partial charge on any atom is 0.336 e. The molecule has 0 spiro atoms. The minimum atomic E-state index is -0.939. The second kappa shape index (κ2) is 3.72. The molecule has 0 atom stereocenters. The van der Waals surface area contributed by atoms with Crippen molar-refractivity contribution in [2.24, 2.45) is 0 Å². The Labute approximate surface area is 76.8 Å². The van der Waals surface area contributed by atoms with Gasteiger partial charge in [0.25, 0.3) is 0 Å². The van der Waals surface area contributed by atoms with E-state index in [1.165, 1.54) is 6.08 Å². The molecule has 0 fully saturated rings. The van der Waals surface area contributed by atoms with Crippen LogP contribution in [0.1, 0.15) is 21.5 Å². The zero-order valence-electron chi connectivity index (χ0n) is 7.16. The number of carboxylic acid groups (broad SMARTS) is 1. The molecule has 0 aliphatic rings. The molecule has 0 amide bonds. The van der Waals surface area contributed by atoms with E-state index in [9.17, 15) is 4.79 Å². The van der Waals surface area contributed by atoms with Crippen molar-refractivity contribution < 1.29 is 9.90 Å². The molecule has 1 aromatic carbocycles. The van der Waals surface area contributed by atoms with Gasteiger partial charge in [0.15, 0.2) is 0 Å². The van der Waals surface area contributed by atoms with E-state index < -0.39 is 5.97 Å². The molecule has 66 valence electrons. The van der Waals surface area contributed by atoms with E-state index in [2.05, 4.69) is 13.2 Å². The number of benzene rings is 1. The number of carbonyl (C=O) groups is 1. The molecule has 0 radical (unpaired) electrons. The van der Waals surface area contributed by atoms with Gasteiger partial charge in [0.1, 0.15) is 0 Å². The molecule has 0 saturated carbocycles. The fourth-order valence-electron chi connectivity index (χ4n) is 1.07. The standard InChI is InChI=1S/C11H10O2/c1-3-8-5-6-10(11(12)13)9(4-2)7-8/h3-7H,1-2H2,(H,12,13). The lowest BCUT2D eigenvalue weighted by atomic mass is 10.0. The summed E-state index contributed by atoms with van der Waals surface area (Å²) in [6, 6.07) is 5.00. The molecule has 0 saturated heterocycles. The smallest absolute Gasteiger partial charge is 0.336 e. The van der Waals surface area contributed by atoms with Crippen molar-refractivity contribution >= 4 is 18.1 Å². The zero-order valence-corrected chi connectivity index (χ0v) is 7.16. The van der Waals surface area contributed by atoms with Crippen molar-refractivity contribution in [3.05, 3.63) is 48.0 Å². The Bertz CT molecular complexity index is 364. The molecule has 1 aromatic rings. The van der Waals surface area contributed by atoms with Crippen molar-refractivity contribution in [2.45, 2.75) is 0 Å². The van der Waals surface area contributed by atoms with E-state index >= 15 is 0 Å². The molecular weight excluding hydrogens is 164 g/mol. The Morgan fingerprint density at radius 3 is 2.46 bits per heavy atom. The Hall–Kier alpha value is -1.83. The van der Waals surface area contributed by atoms with E-state index in [4.69, 9.17) is 5.11 Å². The molecule has 0 aliphatic carbocycles. The Morgan fingerprint density at radius 2 is 2.00 bits per heavy atom. The summed E-state index contributed by atoms with van der Waals surface area (Å²) in [6.45, 7) is 7.15. The quantitative estimate of drug-likeness (QED) is 0.764. The fourth-order valence-corrected chi connectivity index (χ4v) is 1.07. The van der Waals surface area contributed by atoms with Gasteiger partial charge < -0.3 is 5.11 Å². The minimum absolute atomic E-state index is 0.264. The number of rotatable bonds is 3. The first kappa shape index (κ1) is 9.26. The van der Waals surface area contributed by atoms with Crippen molar-refractivity contribution in [3.8, 4) is 0 Å². The summed E-state index contributed by atoms with van der Waals surface area (Å²) < 4.78 is 0. The summed E-state index contributed by atoms with van der Waals surface area (Å²) >= 11 is 0. The monoisotopic (exact) mass is 174 g/mol. The molecule has 0 unspecified atom stereocenters. The van der Waals surface area contributed by atoms with E-state index in [1.807, 2.05) is 0 Å². The van der Waals surface area contributed by atoms with Gasteiger partial charge in [-0.1, -0.05) is 31.4 Å². The van der Waals surface area contributed by atoms with Crippen LogP contribution in [-0.4, -0.2) is 11.1 Å². The predicted molar refractivity (Wildman–Crippen MR) is 53.6 cm³/mol. The molecule has 0 aliphatic heterocycles. The molecule has 1 rings (SSSR count). The van der Waals surface area contributed by atoms with E-state index in [0.717, 1.165) is 5.56 Å². The lowest BCUT2D eigenvalue weighted by Crippen LogP contribution is -1.99. The summed E-state index contributed by atoms with van der Waals surface area (Å²) in [7, 11) is 0. The normalized spacial score (nSPS) is 9.23. The van der Waals surface area contributed by atoms with Crippen LogP contribution >= 0.6 is 0 Å². The average molecular weight is 174 g/mol. The first-order valence-electron chi connectivity index (χ1n) is 3.81. The summed E-state index contributed by atoms with van der Waals surface area (Å²) in [6.07, 6.45) is 3.19. The second-order valence-electron chi connectivity index (χ2n) is 2.56. The van der Waals surface area contributed by atoms with Gasteiger partial charge in [-0.3, -0.25) is 0 Å². The maximum atomic E-state index is 10.7. The average Bonchev–Trinajstić information content (AvgIpc) is 2.16. The van der Waals surface area contributed by atoms with Crippen LogP contribution in [0.15, 0.2) is 31.4 Å². The van der Waals surface area contributed by atoms with Gasteiger partial charge in [-0.15, -0.1) is 0 Å². The second-order valence-corrected chi connectivity index (χ2v) is 2.56. The van der Waals surface area contributed by atoms with Gasteiger partial charge in [-0.05, 0) is 23.3 Å². The van der Waals surface area contributed by atoms with Crippen LogP contribution in [0.5, 0.6) is 0 Å². The molecular formula is C11H10O2. The highest BCUT2D eigenvalue weighted by Crippen LogP contribution is 2.14. The molecule has 2 heteroatoms. The number of hydrogen-bond donors (Lipinski definition) is 1. The molecule has 0 aromatic heterocycles. The van der Waals surface area contributed by atoms with Crippen molar-refractivity contribution in [1.82, 2.24) is 0 Å². The van der Waals surface area contributed by atoms with Crippen LogP contribution in [0.25, 0.3) is 12.2 Å². The van der Waals surface area contributed by atoms with Crippen LogP contribution in [0.4, 0.5) is 0 Å². The summed E-state index contributed by atoms with van der Waals surface area (Å²) in [5.74, 6) is -0.939. The zero-order chi connectivity index (χ0) is 9.84. The topological polar surface area (TPSA) is 37.3 Å². The van der Waals surface area contributed by atoms with Gasteiger partial charge in [0, 0.05) is 0 Å². The molecule has 2 nitrogen and oxygen atoms in total.